The second-order valence-corrected chi connectivity index (χ2v) is 10.6. The summed E-state index contributed by atoms with van der Waals surface area (Å²) < 4.78 is 5.62. The number of anilines is 1. The summed E-state index contributed by atoms with van der Waals surface area (Å²) in [6.07, 6.45) is 3.69. The first kappa shape index (κ1) is 36.7. The Kier molecular flexibility index (Phi) is 15.8. The third kappa shape index (κ3) is 9.00. The molecule has 0 aromatic heterocycles. The molecule has 0 fully saturated rings. The highest BCUT2D eigenvalue weighted by Gasteiger charge is 2.13. The van der Waals surface area contributed by atoms with Gasteiger partial charge in [-0.25, -0.2) is 0 Å². The van der Waals surface area contributed by atoms with Crippen LogP contribution in [0.25, 0.3) is 46.4 Å². The molecule has 0 N–H and O–H groups in total. The van der Waals surface area contributed by atoms with Crippen molar-refractivity contribution in [2.45, 2.75) is 47.0 Å². The van der Waals surface area contributed by atoms with E-state index in [2.05, 4.69) is 67.6 Å². The maximum Gasteiger partial charge on any atom is 0.306 e. The standard InChI is InChI=1S/C35H35Cl2NO2.2C2H6/c1-5-28-10-7-12-31-32-13-8-11-30(35(32)26(4)25(3)34(28)31)24(2)23-40-33(39)14-6-9-27-15-17-29(18-16-27)38(21-19-36)22-20-37;2*1-2/h5,7-8,10-13,15-18H,1-4,6,9,14,19-23H2;2*1-2H3. The Balaban J connectivity index is 0.00000162. The summed E-state index contributed by atoms with van der Waals surface area (Å²) in [7, 11) is 0. The third-order valence-electron chi connectivity index (χ3n) is 7.28. The van der Waals surface area contributed by atoms with Crippen LogP contribution in [0.4, 0.5) is 5.69 Å². The van der Waals surface area contributed by atoms with Gasteiger partial charge in [-0.05, 0) is 79.2 Å². The fraction of sp³-hybridized carbons (Fsp3) is 0.308. The number of benzene rings is 4. The zero-order chi connectivity index (χ0) is 32.6. The SMILES string of the molecule is C=Cc1cccc2c1c(=C)c(=C)c1c(C(=C)COC(=O)CCCc3ccc(N(CCCl)CCCl)cc3)cccc12.CC.CC. The van der Waals surface area contributed by atoms with Gasteiger partial charge in [-0.3, -0.25) is 4.79 Å². The van der Waals surface area contributed by atoms with Gasteiger partial charge in [-0.1, -0.05) is 109 Å². The first-order valence-electron chi connectivity index (χ1n) is 15.5. The Morgan fingerprint density at radius 1 is 0.841 bits per heavy atom. The van der Waals surface area contributed by atoms with Crippen LogP contribution < -0.4 is 15.3 Å². The molecule has 0 amide bonds. The van der Waals surface area contributed by atoms with Crippen molar-refractivity contribution >= 4 is 81.2 Å². The van der Waals surface area contributed by atoms with Gasteiger partial charge in [-0.15, -0.1) is 23.2 Å². The molecule has 0 bridgehead atoms. The number of carbonyl (C=O) groups is 1. The first-order valence-corrected chi connectivity index (χ1v) is 16.5. The average Bonchev–Trinajstić information content (AvgIpc) is 3.07. The van der Waals surface area contributed by atoms with E-state index in [9.17, 15) is 4.79 Å². The number of hydrogen-bond acceptors (Lipinski definition) is 3. The van der Waals surface area contributed by atoms with Crippen LogP contribution in [0.2, 0.25) is 0 Å². The Labute approximate surface area is 274 Å². The minimum Gasteiger partial charge on any atom is -0.461 e. The molecular weight excluding hydrogens is 585 g/mol. The molecule has 4 aromatic rings. The highest BCUT2D eigenvalue weighted by Crippen LogP contribution is 2.28. The van der Waals surface area contributed by atoms with Gasteiger partial charge in [0.05, 0.1) is 0 Å². The van der Waals surface area contributed by atoms with Crippen molar-refractivity contribution in [2.75, 3.05) is 36.4 Å². The molecule has 0 aliphatic heterocycles. The van der Waals surface area contributed by atoms with E-state index in [0.29, 0.717) is 24.6 Å². The zero-order valence-corrected chi connectivity index (χ0v) is 28.4. The monoisotopic (exact) mass is 631 g/mol. The average molecular weight is 633 g/mol. The van der Waals surface area contributed by atoms with Crippen LogP contribution in [0.5, 0.6) is 0 Å². The van der Waals surface area contributed by atoms with E-state index < -0.39 is 0 Å². The lowest BCUT2D eigenvalue weighted by molar-refractivity contribution is -0.142. The summed E-state index contributed by atoms with van der Waals surface area (Å²) in [4.78, 5) is 14.7. The number of aryl methyl sites for hydroxylation is 1. The third-order valence-corrected chi connectivity index (χ3v) is 7.62. The molecular formula is C39H47Cl2NO2. The Morgan fingerprint density at radius 3 is 2.00 bits per heavy atom. The van der Waals surface area contributed by atoms with Crippen molar-refractivity contribution in [3.63, 3.8) is 0 Å². The molecule has 0 heterocycles. The molecule has 0 aliphatic carbocycles. The first-order chi connectivity index (χ1) is 21.4. The quantitative estimate of drug-likeness (QED) is 0.0836. The number of rotatable bonds is 13. The molecule has 4 aromatic carbocycles. The second-order valence-electron chi connectivity index (χ2n) is 9.81. The minimum absolute atomic E-state index is 0.125. The van der Waals surface area contributed by atoms with Gasteiger partial charge in [-0.2, -0.15) is 0 Å². The summed E-state index contributed by atoms with van der Waals surface area (Å²) >= 11 is 11.8. The lowest BCUT2D eigenvalue weighted by atomic mass is 9.91. The van der Waals surface area contributed by atoms with Crippen molar-refractivity contribution in [1.29, 1.82) is 0 Å². The van der Waals surface area contributed by atoms with Crippen LogP contribution in [-0.2, 0) is 16.0 Å². The smallest absolute Gasteiger partial charge is 0.306 e. The summed E-state index contributed by atoms with van der Waals surface area (Å²) in [6.45, 7) is 26.5. The number of esters is 1. The topological polar surface area (TPSA) is 29.5 Å². The number of halogens is 2. The maximum atomic E-state index is 12.6. The second kappa shape index (κ2) is 19.0. The minimum atomic E-state index is -0.234. The molecule has 0 saturated heterocycles. The number of ether oxygens (including phenoxy) is 1. The van der Waals surface area contributed by atoms with Gasteiger partial charge in [0.1, 0.15) is 6.61 Å². The Hall–Kier alpha value is -3.53. The molecule has 44 heavy (non-hydrogen) atoms. The molecule has 234 valence electrons. The Morgan fingerprint density at radius 2 is 1.41 bits per heavy atom. The van der Waals surface area contributed by atoms with E-state index in [-0.39, 0.29) is 12.6 Å². The predicted molar refractivity (Wildman–Crippen MR) is 198 cm³/mol. The van der Waals surface area contributed by atoms with Crippen LogP contribution in [0.3, 0.4) is 0 Å². The van der Waals surface area contributed by atoms with Gasteiger partial charge in [0, 0.05) is 37.0 Å². The van der Waals surface area contributed by atoms with Gasteiger partial charge in [0.25, 0.3) is 0 Å². The van der Waals surface area contributed by atoms with Crippen molar-refractivity contribution in [2.24, 2.45) is 0 Å². The lowest BCUT2D eigenvalue weighted by Crippen LogP contribution is -2.27. The number of carbonyl (C=O) groups excluding carboxylic acids is 1. The molecule has 4 rings (SSSR count). The van der Waals surface area contributed by atoms with E-state index in [1.54, 1.807) is 0 Å². The van der Waals surface area contributed by atoms with E-state index in [1.807, 2.05) is 58.0 Å². The number of fused-ring (bicyclic) bond motifs is 3. The van der Waals surface area contributed by atoms with Crippen molar-refractivity contribution in [3.8, 4) is 0 Å². The van der Waals surface area contributed by atoms with E-state index in [4.69, 9.17) is 27.9 Å². The fourth-order valence-electron chi connectivity index (χ4n) is 5.20. The summed E-state index contributed by atoms with van der Waals surface area (Å²) in [6, 6.07) is 20.6. The van der Waals surface area contributed by atoms with Crippen molar-refractivity contribution in [3.05, 3.63) is 101 Å². The van der Waals surface area contributed by atoms with Crippen LogP contribution in [0.1, 0.15) is 57.2 Å². The fourth-order valence-corrected chi connectivity index (χ4v) is 5.61. The van der Waals surface area contributed by atoms with Crippen LogP contribution in [0.15, 0.2) is 73.8 Å². The van der Waals surface area contributed by atoms with E-state index in [0.717, 1.165) is 73.9 Å². The normalized spacial score (nSPS) is 10.3. The van der Waals surface area contributed by atoms with Gasteiger partial charge >= 0.3 is 5.97 Å². The predicted octanol–water partition coefficient (Wildman–Crippen LogP) is 9.37. The maximum absolute atomic E-state index is 12.6. The summed E-state index contributed by atoms with van der Waals surface area (Å²) in [5.74, 6) is 0.866. The summed E-state index contributed by atoms with van der Waals surface area (Å²) in [5, 5.41) is 5.92. The lowest BCUT2D eigenvalue weighted by Gasteiger charge is -2.23. The Bertz CT molecular complexity index is 1640. The zero-order valence-electron chi connectivity index (χ0n) is 26.9. The number of hydrogen-bond donors (Lipinski definition) is 0. The van der Waals surface area contributed by atoms with Gasteiger partial charge in [0.2, 0.25) is 0 Å². The van der Waals surface area contributed by atoms with Crippen LogP contribution in [-0.4, -0.2) is 37.4 Å². The molecule has 5 heteroatoms. The largest absolute Gasteiger partial charge is 0.461 e. The molecule has 3 nitrogen and oxygen atoms in total. The van der Waals surface area contributed by atoms with E-state index >= 15 is 0 Å². The van der Waals surface area contributed by atoms with Gasteiger partial charge in [0.15, 0.2) is 0 Å². The highest BCUT2D eigenvalue weighted by molar-refractivity contribution is 6.18. The summed E-state index contributed by atoms with van der Waals surface area (Å²) in [5.41, 5.74) is 4.96. The number of nitrogens with zero attached hydrogens (tertiary/aromatic N) is 1. The molecule has 0 radical (unpaired) electrons. The molecule has 0 saturated carbocycles. The van der Waals surface area contributed by atoms with Crippen LogP contribution in [0, 0.1) is 0 Å². The molecule has 0 atom stereocenters. The molecule has 0 unspecified atom stereocenters. The van der Waals surface area contributed by atoms with Crippen molar-refractivity contribution < 1.29 is 9.53 Å². The van der Waals surface area contributed by atoms with E-state index in [1.165, 1.54) is 5.56 Å². The molecule has 0 spiro atoms. The number of alkyl halides is 2. The van der Waals surface area contributed by atoms with Crippen molar-refractivity contribution in [1.82, 2.24) is 0 Å². The van der Waals surface area contributed by atoms with Gasteiger partial charge < -0.3 is 9.64 Å². The molecule has 0 aliphatic rings. The highest BCUT2D eigenvalue weighted by atomic mass is 35.5. The van der Waals surface area contributed by atoms with Crippen LogP contribution >= 0.6 is 23.2 Å².